The van der Waals surface area contributed by atoms with Crippen molar-refractivity contribution in [1.82, 2.24) is 14.1 Å². The number of hydrogen-bond acceptors (Lipinski definition) is 5. The number of nitrogens with zero attached hydrogens (tertiary/aromatic N) is 3. The second-order valence-corrected chi connectivity index (χ2v) is 11.1. The molecular formula is C21H28ClN3O4S. The second-order valence-electron chi connectivity index (χ2n) is 8.83. The Morgan fingerprint density at radius 3 is 2.70 bits per heavy atom. The average Bonchev–Trinajstić information content (AvgIpc) is 3.46. The monoisotopic (exact) mass is 453 g/mol. The maximum atomic E-state index is 13.2. The van der Waals surface area contributed by atoms with Crippen LogP contribution in [-0.2, 0) is 14.8 Å². The van der Waals surface area contributed by atoms with Crippen LogP contribution in [0.1, 0.15) is 50.1 Å². The quantitative estimate of drug-likeness (QED) is 0.702. The van der Waals surface area contributed by atoms with Crippen molar-refractivity contribution in [2.24, 2.45) is 0 Å². The zero-order chi connectivity index (χ0) is 20.9. The largest absolute Gasteiger partial charge is 0.448 e. The molecule has 7 nitrogen and oxygen atoms in total. The van der Waals surface area contributed by atoms with Crippen molar-refractivity contribution < 1.29 is 17.9 Å². The van der Waals surface area contributed by atoms with Crippen molar-refractivity contribution in [3.05, 3.63) is 28.8 Å². The Bertz CT molecular complexity index is 934. The van der Waals surface area contributed by atoms with Crippen LogP contribution in [0, 0.1) is 0 Å². The molecule has 5 rings (SSSR count). The van der Waals surface area contributed by atoms with Crippen molar-refractivity contribution in [2.45, 2.75) is 61.5 Å². The molecule has 3 fully saturated rings. The average molecular weight is 454 g/mol. The van der Waals surface area contributed by atoms with Crippen LogP contribution in [0.4, 0.5) is 4.79 Å². The van der Waals surface area contributed by atoms with E-state index in [4.69, 9.17) is 16.3 Å². The Morgan fingerprint density at radius 1 is 1.10 bits per heavy atom. The van der Waals surface area contributed by atoms with E-state index in [1.165, 1.54) is 12.8 Å². The zero-order valence-electron chi connectivity index (χ0n) is 17.0. The number of ether oxygens (including phenoxy) is 1. The highest BCUT2D eigenvalue weighted by Crippen LogP contribution is 2.47. The number of carbonyl (C=O) groups is 1. The number of benzene rings is 1. The highest BCUT2D eigenvalue weighted by molar-refractivity contribution is 7.89. The normalized spacial score (nSPS) is 31.0. The van der Waals surface area contributed by atoms with Crippen LogP contribution < -0.4 is 0 Å². The number of amides is 1. The van der Waals surface area contributed by atoms with Gasteiger partial charge in [-0.1, -0.05) is 11.6 Å². The molecule has 1 aromatic carbocycles. The van der Waals surface area contributed by atoms with Crippen LogP contribution in [-0.4, -0.2) is 73.5 Å². The number of fused-ring (bicyclic) bond motifs is 3. The van der Waals surface area contributed by atoms with Gasteiger partial charge in [0, 0.05) is 24.2 Å². The summed E-state index contributed by atoms with van der Waals surface area (Å²) in [6, 6.07) is 4.86. The van der Waals surface area contributed by atoms with Gasteiger partial charge >= 0.3 is 6.09 Å². The number of likely N-dealkylation sites (tertiary alicyclic amines) is 2. The molecule has 0 N–H and O–H groups in total. The molecule has 0 spiro atoms. The Labute approximate surface area is 183 Å². The molecule has 4 heterocycles. The standard InChI is InChI=1S/C21H28ClN3O4S/c22-15-6-7-20-18(12-15)19-5-3-4-17(25(19)30(20,27)28)14-29-21(26)24-11-8-16(13-24)23-9-1-2-10-23/h6-7,12,16-17,19H,1-5,8-11,13-14H2/t16?,17-,19+/m1/s1. The smallest absolute Gasteiger partial charge is 0.409 e. The Morgan fingerprint density at radius 2 is 1.90 bits per heavy atom. The third-order valence-electron chi connectivity index (χ3n) is 7.05. The molecule has 9 heteroatoms. The van der Waals surface area contributed by atoms with Crippen LogP contribution >= 0.6 is 11.6 Å². The Hall–Kier alpha value is -1.35. The van der Waals surface area contributed by atoms with Gasteiger partial charge in [-0.25, -0.2) is 13.2 Å². The highest BCUT2D eigenvalue weighted by atomic mass is 35.5. The van der Waals surface area contributed by atoms with E-state index in [0.717, 1.165) is 37.9 Å². The Kier molecular flexibility index (Phi) is 5.46. The number of carbonyl (C=O) groups excluding carboxylic acids is 1. The maximum Gasteiger partial charge on any atom is 0.409 e. The van der Waals surface area contributed by atoms with Gasteiger partial charge in [0.2, 0.25) is 10.0 Å². The number of sulfonamides is 1. The summed E-state index contributed by atoms with van der Waals surface area (Å²) < 4.78 is 33.5. The minimum Gasteiger partial charge on any atom is -0.448 e. The topological polar surface area (TPSA) is 70.2 Å². The molecule has 0 radical (unpaired) electrons. The van der Waals surface area contributed by atoms with Crippen LogP contribution in [0.2, 0.25) is 5.02 Å². The fraction of sp³-hybridized carbons (Fsp3) is 0.667. The number of piperidine rings is 1. The minimum atomic E-state index is -3.60. The fourth-order valence-electron chi connectivity index (χ4n) is 5.57. The van der Waals surface area contributed by atoms with Gasteiger partial charge in [0.25, 0.3) is 0 Å². The lowest BCUT2D eigenvalue weighted by molar-refractivity contribution is 0.0672. The van der Waals surface area contributed by atoms with Crippen molar-refractivity contribution in [2.75, 3.05) is 32.8 Å². The van der Waals surface area contributed by atoms with E-state index < -0.39 is 10.0 Å². The molecule has 1 aromatic rings. The van der Waals surface area contributed by atoms with Gasteiger partial charge in [-0.3, -0.25) is 4.90 Å². The minimum absolute atomic E-state index is 0.0984. The van der Waals surface area contributed by atoms with Gasteiger partial charge in [-0.2, -0.15) is 4.31 Å². The summed E-state index contributed by atoms with van der Waals surface area (Å²) in [7, 11) is -3.60. The number of hydrogen-bond donors (Lipinski definition) is 0. The predicted molar refractivity (Wildman–Crippen MR) is 113 cm³/mol. The first kappa shape index (κ1) is 20.5. The van der Waals surface area contributed by atoms with Crippen LogP contribution in [0.3, 0.4) is 0 Å². The van der Waals surface area contributed by atoms with Crippen molar-refractivity contribution in [1.29, 1.82) is 0 Å². The summed E-state index contributed by atoms with van der Waals surface area (Å²) >= 11 is 6.13. The summed E-state index contributed by atoms with van der Waals surface area (Å²) in [6.07, 6.45) is 5.49. The maximum absolute atomic E-state index is 13.2. The van der Waals surface area contributed by atoms with Crippen molar-refractivity contribution >= 4 is 27.7 Å². The molecule has 1 amide bonds. The first-order chi connectivity index (χ1) is 14.4. The van der Waals surface area contributed by atoms with Gasteiger partial charge < -0.3 is 9.64 Å². The van der Waals surface area contributed by atoms with Crippen molar-refractivity contribution in [3.8, 4) is 0 Å². The summed E-state index contributed by atoms with van der Waals surface area (Å²) in [4.78, 5) is 17.2. The van der Waals surface area contributed by atoms with E-state index in [2.05, 4.69) is 4.90 Å². The fourth-order valence-corrected chi connectivity index (χ4v) is 7.82. The third kappa shape index (κ3) is 3.51. The molecule has 0 aromatic heterocycles. The lowest BCUT2D eigenvalue weighted by atomic mass is 9.94. The molecule has 0 saturated carbocycles. The summed E-state index contributed by atoms with van der Waals surface area (Å²) in [5.74, 6) is 0. The van der Waals surface area contributed by atoms with E-state index in [1.54, 1.807) is 27.4 Å². The second kappa shape index (κ2) is 7.97. The third-order valence-corrected chi connectivity index (χ3v) is 9.32. The van der Waals surface area contributed by atoms with E-state index in [1.807, 2.05) is 0 Å². The SMILES string of the molecule is O=C(OC[C@H]1CCC[C@H]2c3cc(Cl)ccc3S(=O)(=O)N12)N1CCC(N2CCCC2)C1. The molecule has 164 valence electrons. The van der Waals surface area contributed by atoms with Crippen LogP contribution in [0.25, 0.3) is 0 Å². The van der Waals surface area contributed by atoms with Gasteiger partial charge in [0.1, 0.15) is 6.61 Å². The number of halogens is 1. The Balaban J connectivity index is 1.24. The van der Waals surface area contributed by atoms with Gasteiger partial charge in [-0.15, -0.1) is 0 Å². The van der Waals surface area contributed by atoms with Gasteiger partial charge in [0.05, 0.1) is 17.0 Å². The highest BCUT2D eigenvalue weighted by Gasteiger charge is 2.48. The lowest BCUT2D eigenvalue weighted by Crippen LogP contribution is -2.45. The first-order valence-corrected chi connectivity index (χ1v) is 12.8. The molecule has 1 unspecified atom stereocenters. The lowest BCUT2D eigenvalue weighted by Gasteiger charge is -2.36. The molecule has 0 bridgehead atoms. The summed E-state index contributed by atoms with van der Waals surface area (Å²) in [5, 5.41) is 0.543. The van der Waals surface area contributed by atoms with Gasteiger partial charge in [-0.05, 0) is 75.4 Å². The van der Waals surface area contributed by atoms with Crippen molar-refractivity contribution in [3.63, 3.8) is 0 Å². The molecular weight excluding hydrogens is 426 g/mol. The van der Waals surface area contributed by atoms with E-state index in [9.17, 15) is 13.2 Å². The van der Waals surface area contributed by atoms with Gasteiger partial charge in [0.15, 0.2) is 0 Å². The number of rotatable bonds is 3. The zero-order valence-corrected chi connectivity index (χ0v) is 18.6. The van der Waals surface area contributed by atoms with E-state index in [0.29, 0.717) is 35.5 Å². The predicted octanol–water partition coefficient (Wildman–Crippen LogP) is 3.24. The van der Waals surface area contributed by atoms with E-state index >= 15 is 0 Å². The van der Waals surface area contributed by atoms with E-state index in [-0.39, 0.29) is 24.8 Å². The molecule has 3 atom stereocenters. The molecule has 4 aliphatic rings. The summed E-state index contributed by atoms with van der Waals surface area (Å²) in [5.41, 5.74) is 0.770. The molecule has 4 aliphatic heterocycles. The summed E-state index contributed by atoms with van der Waals surface area (Å²) in [6.45, 7) is 3.75. The van der Waals surface area contributed by atoms with Crippen LogP contribution in [0.5, 0.6) is 0 Å². The van der Waals surface area contributed by atoms with Crippen LogP contribution in [0.15, 0.2) is 23.1 Å². The first-order valence-electron chi connectivity index (χ1n) is 10.9. The molecule has 3 saturated heterocycles. The molecule has 0 aliphatic carbocycles. The molecule has 30 heavy (non-hydrogen) atoms.